The molecule has 0 radical (unpaired) electrons. The average Bonchev–Trinajstić information content (AvgIpc) is 3.04. The van der Waals surface area contributed by atoms with Crippen molar-refractivity contribution in [3.63, 3.8) is 0 Å². The summed E-state index contributed by atoms with van der Waals surface area (Å²) in [6.07, 6.45) is 0. The number of carbonyl (C=O) groups is 2. The fourth-order valence-electron chi connectivity index (χ4n) is 3.92. The second-order valence-corrected chi connectivity index (χ2v) is 7.96. The van der Waals surface area contributed by atoms with Gasteiger partial charge in [-0.05, 0) is 42.8 Å². The number of halogens is 3. The quantitative estimate of drug-likeness (QED) is 0.308. The normalized spacial score (nSPS) is 17.5. The van der Waals surface area contributed by atoms with Crippen molar-refractivity contribution in [1.82, 2.24) is 0 Å². The maximum absolute atomic E-state index is 14.7. The van der Waals surface area contributed by atoms with Gasteiger partial charge in [0.25, 0.3) is 11.7 Å². The number of ether oxygens (including phenoxy) is 1. The first-order valence-electron chi connectivity index (χ1n) is 9.89. The number of aliphatic hydroxyl groups excluding tert-OH is 1. The van der Waals surface area contributed by atoms with Gasteiger partial charge in [0, 0.05) is 11.1 Å². The van der Waals surface area contributed by atoms with Crippen LogP contribution < -0.4 is 9.64 Å². The topological polar surface area (TPSA) is 66.8 Å². The highest BCUT2D eigenvalue weighted by Gasteiger charge is 2.48. The molecule has 1 unspecified atom stereocenters. The molecule has 0 bridgehead atoms. The molecule has 5 nitrogen and oxygen atoms in total. The van der Waals surface area contributed by atoms with E-state index in [1.807, 2.05) is 13.0 Å². The molecule has 168 valence electrons. The van der Waals surface area contributed by atoms with Crippen LogP contribution in [0.15, 0.2) is 66.2 Å². The van der Waals surface area contributed by atoms with Crippen LogP contribution in [0.2, 0.25) is 5.02 Å². The van der Waals surface area contributed by atoms with Gasteiger partial charge in [-0.15, -0.1) is 0 Å². The monoisotopic (exact) mass is 469 g/mol. The van der Waals surface area contributed by atoms with Crippen LogP contribution in [0.25, 0.3) is 5.76 Å². The maximum atomic E-state index is 14.7. The highest BCUT2D eigenvalue weighted by atomic mass is 35.5. The number of nitrogens with zero attached hydrogens (tertiary/aromatic N) is 1. The smallest absolute Gasteiger partial charge is 0.300 e. The zero-order valence-corrected chi connectivity index (χ0v) is 18.4. The van der Waals surface area contributed by atoms with Gasteiger partial charge in [0.05, 0.1) is 30.0 Å². The summed E-state index contributed by atoms with van der Waals surface area (Å²) in [5, 5.41) is 11.5. The first-order chi connectivity index (χ1) is 15.7. The Bertz CT molecular complexity index is 1320. The van der Waals surface area contributed by atoms with Gasteiger partial charge in [-0.25, -0.2) is 8.78 Å². The standard InChI is InChI=1S/C25H18ClF2NO4/c1-13-4-3-5-14(10-13)22-21(23(30)17-11-15(26)6-9-20(17)33-2)24(31)25(32)29(22)19-8-7-16(27)12-18(19)28/h3-12,22,30H,1-2H3/b23-21+. The number of amides is 1. The largest absolute Gasteiger partial charge is 0.507 e. The molecule has 8 heteroatoms. The van der Waals surface area contributed by atoms with Crippen LogP contribution in [-0.2, 0) is 9.59 Å². The van der Waals surface area contributed by atoms with Crippen molar-refractivity contribution >= 4 is 34.7 Å². The third-order valence-electron chi connectivity index (χ3n) is 5.39. The first-order valence-corrected chi connectivity index (χ1v) is 10.3. The molecule has 0 aromatic heterocycles. The Morgan fingerprint density at radius 3 is 2.48 bits per heavy atom. The molecule has 1 amide bonds. The van der Waals surface area contributed by atoms with Gasteiger partial charge < -0.3 is 9.84 Å². The summed E-state index contributed by atoms with van der Waals surface area (Å²) in [5.74, 6) is -4.24. The molecule has 4 rings (SSSR count). The van der Waals surface area contributed by atoms with Gasteiger partial charge in [-0.3, -0.25) is 14.5 Å². The van der Waals surface area contributed by atoms with Crippen LogP contribution >= 0.6 is 11.6 Å². The number of aliphatic hydroxyl groups is 1. The van der Waals surface area contributed by atoms with E-state index in [9.17, 15) is 23.5 Å². The van der Waals surface area contributed by atoms with Crippen molar-refractivity contribution < 1.29 is 28.2 Å². The number of Topliss-reactive ketones (excluding diaryl/α,β-unsaturated/α-hetero) is 1. The number of ketones is 1. The molecule has 1 atom stereocenters. The number of aryl methyl sites for hydroxylation is 1. The molecular weight excluding hydrogens is 452 g/mol. The van der Waals surface area contributed by atoms with E-state index >= 15 is 0 Å². The van der Waals surface area contributed by atoms with Crippen molar-refractivity contribution in [3.05, 3.63) is 99.6 Å². The van der Waals surface area contributed by atoms with E-state index in [0.29, 0.717) is 11.6 Å². The van der Waals surface area contributed by atoms with E-state index in [2.05, 4.69) is 0 Å². The molecule has 0 aliphatic carbocycles. The molecule has 1 heterocycles. The fraction of sp³-hybridized carbons (Fsp3) is 0.120. The number of anilines is 1. The lowest BCUT2D eigenvalue weighted by Crippen LogP contribution is -2.30. The Morgan fingerprint density at radius 2 is 1.82 bits per heavy atom. The van der Waals surface area contributed by atoms with Gasteiger partial charge >= 0.3 is 0 Å². The van der Waals surface area contributed by atoms with E-state index in [1.165, 1.54) is 19.2 Å². The second kappa shape index (κ2) is 8.67. The van der Waals surface area contributed by atoms with Gasteiger partial charge in [0.1, 0.15) is 23.1 Å². The van der Waals surface area contributed by atoms with Crippen LogP contribution in [0, 0.1) is 18.6 Å². The van der Waals surface area contributed by atoms with Crippen LogP contribution in [0.3, 0.4) is 0 Å². The van der Waals surface area contributed by atoms with Crippen LogP contribution in [0.4, 0.5) is 14.5 Å². The summed E-state index contributed by atoms with van der Waals surface area (Å²) >= 11 is 6.09. The van der Waals surface area contributed by atoms with E-state index in [1.54, 1.807) is 24.3 Å². The van der Waals surface area contributed by atoms with Crippen LogP contribution in [-0.4, -0.2) is 23.9 Å². The minimum atomic E-state index is -1.17. The molecular formula is C25H18ClF2NO4. The zero-order chi connectivity index (χ0) is 23.9. The van der Waals surface area contributed by atoms with Gasteiger partial charge in [0.15, 0.2) is 0 Å². The van der Waals surface area contributed by atoms with Crippen LogP contribution in [0.1, 0.15) is 22.7 Å². The maximum Gasteiger partial charge on any atom is 0.300 e. The van der Waals surface area contributed by atoms with Crippen molar-refractivity contribution in [3.8, 4) is 5.75 Å². The minimum Gasteiger partial charge on any atom is -0.507 e. The summed E-state index contributed by atoms with van der Waals surface area (Å²) in [4.78, 5) is 27.2. The van der Waals surface area contributed by atoms with E-state index < -0.39 is 35.1 Å². The Hall–Kier alpha value is -3.71. The van der Waals surface area contributed by atoms with Gasteiger partial charge in [-0.1, -0.05) is 41.4 Å². The van der Waals surface area contributed by atoms with E-state index in [4.69, 9.17) is 16.3 Å². The number of rotatable bonds is 4. The lowest BCUT2D eigenvalue weighted by atomic mass is 9.94. The Morgan fingerprint density at radius 1 is 1.06 bits per heavy atom. The van der Waals surface area contributed by atoms with Crippen molar-refractivity contribution in [2.45, 2.75) is 13.0 Å². The second-order valence-electron chi connectivity index (χ2n) is 7.52. The highest BCUT2D eigenvalue weighted by Crippen LogP contribution is 2.44. The number of benzene rings is 3. The number of carbonyl (C=O) groups excluding carboxylic acids is 2. The first kappa shape index (κ1) is 22.5. The zero-order valence-electron chi connectivity index (χ0n) is 17.6. The summed E-state index contributed by atoms with van der Waals surface area (Å²) in [6.45, 7) is 1.81. The van der Waals surface area contributed by atoms with Crippen molar-refractivity contribution in [1.29, 1.82) is 0 Å². The molecule has 1 N–H and O–H groups in total. The van der Waals surface area contributed by atoms with Crippen LogP contribution in [0.5, 0.6) is 5.75 Å². The predicted molar refractivity (Wildman–Crippen MR) is 120 cm³/mol. The summed E-state index contributed by atoms with van der Waals surface area (Å²) in [7, 11) is 1.38. The molecule has 1 saturated heterocycles. The van der Waals surface area contributed by atoms with Gasteiger partial charge in [-0.2, -0.15) is 0 Å². The summed E-state index contributed by atoms with van der Waals surface area (Å²) in [6, 6.07) is 12.9. The number of hydrogen-bond acceptors (Lipinski definition) is 4. The Labute approximate surface area is 193 Å². The van der Waals surface area contributed by atoms with E-state index in [0.717, 1.165) is 22.6 Å². The fourth-order valence-corrected chi connectivity index (χ4v) is 4.10. The van der Waals surface area contributed by atoms with E-state index in [-0.39, 0.29) is 27.6 Å². The highest BCUT2D eigenvalue weighted by molar-refractivity contribution is 6.51. The molecule has 1 fully saturated rings. The Balaban J connectivity index is 2.02. The molecule has 3 aromatic carbocycles. The molecule has 1 aliphatic heterocycles. The summed E-state index contributed by atoms with van der Waals surface area (Å²) in [5.41, 5.74) is 0.815. The van der Waals surface area contributed by atoms with Gasteiger partial charge in [0.2, 0.25) is 0 Å². The minimum absolute atomic E-state index is 0.0974. The number of methoxy groups -OCH3 is 1. The third-order valence-corrected chi connectivity index (χ3v) is 5.62. The van der Waals surface area contributed by atoms with Crippen molar-refractivity contribution in [2.24, 2.45) is 0 Å². The lowest BCUT2D eigenvalue weighted by molar-refractivity contribution is -0.132. The number of hydrogen-bond donors (Lipinski definition) is 1. The third kappa shape index (κ3) is 3.96. The molecule has 33 heavy (non-hydrogen) atoms. The molecule has 0 saturated carbocycles. The summed E-state index contributed by atoms with van der Waals surface area (Å²) < 4.78 is 33.6. The van der Waals surface area contributed by atoms with Crippen molar-refractivity contribution in [2.75, 3.05) is 12.0 Å². The average molecular weight is 470 g/mol. The SMILES string of the molecule is COc1ccc(Cl)cc1/C(O)=C1\C(=O)C(=O)N(c2ccc(F)cc2F)C1c1cccc(C)c1. The predicted octanol–water partition coefficient (Wildman–Crippen LogP) is 5.56. The molecule has 3 aromatic rings. The molecule has 0 spiro atoms. The Kier molecular flexibility index (Phi) is 5.91. The molecule has 1 aliphatic rings. The lowest BCUT2D eigenvalue weighted by Gasteiger charge is -2.26.